The van der Waals surface area contributed by atoms with Gasteiger partial charge in [0, 0.05) is 30.4 Å². The summed E-state index contributed by atoms with van der Waals surface area (Å²) in [4.78, 5) is 7.97. The largest absolute Gasteiger partial charge is 0.337 e. The van der Waals surface area contributed by atoms with Crippen molar-refractivity contribution < 1.29 is 8.42 Å². The first kappa shape index (κ1) is 25.1. The molecule has 8 nitrogen and oxygen atoms in total. The minimum absolute atomic E-state index is 0.195. The number of aromatic amines is 1. The zero-order valence-corrected chi connectivity index (χ0v) is 21.9. The number of nitrogens with zero attached hydrogens (tertiary/aromatic N) is 5. The molecule has 0 spiro atoms. The van der Waals surface area contributed by atoms with Crippen molar-refractivity contribution in [2.45, 2.75) is 18.7 Å². The molecule has 0 aliphatic heterocycles. The molecule has 0 bridgehead atoms. The lowest BCUT2D eigenvalue weighted by molar-refractivity contribution is 0.445. The molecule has 0 unspecified atom stereocenters. The molecule has 5 rings (SSSR count). The Morgan fingerprint density at radius 2 is 1.76 bits per heavy atom. The van der Waals surface area contributed by atoms with Gasteiger partial charge in [0.15, 0.2) is 0 Å². The number of sulfonamides is 1. The van der Waals surface area contributed by atoms with Gasteiger partial charge in [-0.2, -0.15) is 14.7 Å². The second-order valence-corrected chi connectivity index (χ2v) is 10.5. The van der Waals surface area contributed by atoms with Crippen LogP contribution in [0.25, 0.3) is 39.6 Å². The average molecular weight is 523 g/mol. The zero-order chi connectivity index (χ0) is 26.7. The van der Waals surface area contributed by atoms with E-state index in [2.05, 4.69) is 16.0 Å². The van der Waals surface area contributed by atoms with Crippen molar-refractivity contribution >= 4 is 32.7 Å². The summed E-state index contributed by atoms with van der Waals surface area (Å²) in [7, 11) is -3.66. The summed E-state index contributed by atoms with van der Waals surface area (Å²) in [5, 5.41) is 14.8. The maximum absolute atomic E-state index is 13.2. The van der Waals surface area contributed by atoms with Crippen LogP contribution in [-0.2, 0) is 10.0 Å². The third kappa shape index (κ3) is 4.75. The predicted octanol–water partition coefficient (Wildman–Crippen LogP) is 5.51. The molecule has 2 heterocycles. The summed E-state index contributed by atoms with van der Waals surface area (Å²) < 4.78 is 29.6. The minimum atomic E-state index is -3.66. The first-order chi connectivity index (χ1) is 18.4. The molecule has 0 fully saturated rings. The molecule has 5 aromatic rings. The van der Waals surface area contributed by atoms with Gasteiger partial charge in [-0.05, 0) is 42.5 Å². The molecular formula is C29H26N6O2S. The van der Waals surface area contributed by atoms with Crippen LogP contribution in [0.4, 0.5) is 0 Å². The molecule has 9 heteroatoms. The van der Waals surface area contributed by atoms with E-state index in [-0.39, 0.29) is 4.90 Å². The van der Waals surface area contributed by atoms with Crippen LogP contribution in [0.2, 0.25) is 0 Å². The van der Waals surface area contributed by atoms with E-state index < -0.39 is 10.0 Å². The molecule has 0 saturated carbocycles. The third-order valence-corrected chi connectivity index (χ3v) is 8.32. The molecule has 0 radical (unpaired) electrons. The zero-order valence-electron chi connectivity index (χ0n) is 21.0. The number of fused-ring (bicyclic) bond motifs is 1. The van der Waals surface area contributed by atoms with Crippen molar-refractivity contribution in [3.63, 3.8) is 0 Å². The highest BCUT2D eigenvalue weighted by Crippen LogP contribution is 2.30. The van der Waals surface area contributed by atoms with E-state index in [0.29, 0.717) is 41.3 Å². The van der Waals surface area contributed by atoms with E-state index in [0.717, 1.165) is 16.7 Å². The van der Waals surface area contributed by atoms with Crippen molar-refractivity contribution in [1.29, 1.82) is 5.26 Å². The van der Waals surface area contributed by atoms with Gasteiger partial charge in [-0.25, -0.2) is 18.1 Å². The molecule has 1 N–H and O–H groups in total. The van der Waals surface area contributed by atoms with Gasteiger partial charge >= 0.3 is 0 Å². The smallest absolute Gasteiger partial charge is 0.243 e. The van der Waals surface area contributed by atoms with Gasteiger partial charge < -0.3 is 4.98 Å². The fraction of sp³-hybridized carbons (Fsp3) is 0.138. The summed E-state index contributed by atoms with van der Waals surface area (Å²) in [6.07, 6.45) is 3.56. The highest BCUT2D eigenvalue weighted by molar-refractivity contribution is 7.89. The monoisotopic (exact) mass is 522 g/mol. The fourth-order valence-corrected chi connectivity index (χ4v) is 5.84. The summed E-state index contributed by atoms with van der Waals surface area (Å²) >= 11 is 0. The number of imidazole rings is 1. The van der Waals surface area contributed by atoms with E-state index in [1.807, 2.05) is 80.7 Å². The quantitative estimate of drug-likeness (QED) is 0.270. The highest BCUT2D eigenvalue weighted by Gasteiger charge is 2.23. The fourth-order valence-electron chi connectivity index (χ4n) is 4.34. The van der Waals surface area contributed by atoms with Gasteiger partial charge in [0.05, 0.1) is 27.2 Å². The Kier molecular flexibility index (Phi) is 6.92. The molecule has 38 heavy (non-hydrogen) atoms. The number of nitriles is 1. The SMILES string of the molecule is CCN(CC)S(=O)(=O)c1cccc(-c2nn(-c3ccccc3)cc2/C=C(\C#N)c2nc3ccccc3[nH]2)c1. The Labute approximate surface area is 221 Å². The lowest BCUT2D eigenvalue weighted by Crippen LogP contribution is -2.30. The van der Waals surface area contributed by atoms with E-state index in [4.69, 9.17) is 5.10 Å². The molecule has 3 aromatic carbocycles. The Morgan fingerprint density at radius 1 is 1.03 bits per heavy atom. The standard InChI is InChI=1S/C29H26N6O2S/c1-3-34(4-2)38(36,37)25-14-10-11-21(18-25)28-23(20-35(33-28)24-12-6-5-7-13-24)17-22(19-30)29-31-26-15-8-9-16-27(26)32-29/h5-18,20H,3-4H2,1-2H3,(H,31,32)/b22-17+. The maximum atomic E-state index is 13.2. The first-order valence-corrected chi connectivity index (χ1v) is 13.7. The van der Waals surface area contributed by atoms with Gasteiger partial charge in [-0.3, -0.25) is 0 Å². The highest BCUT2D eigenvalue weighted by atomic mass is 32.2. The number of aromatic nitrogens is 4. The summed E-state index contributed by atoms with van der Waals surface area (Å²) in [6.45, 7) is 4.39. The lowest BCUT2D eigenvalue weighted by Gasteiger charge is -2.18. The Balaban J connectivity index is 1.66. The second kappa shape index (κ2) is 10.5. The molecule has 2 aromatic heterocycles. The number of H-pyrrole nitrogens is 1. The molecule has 0 aliphatic carbocycles. The number of rotatable bonds is 8. The van der Waals surface area contributed by atoms with E-state index in [1.54, 1.807) is 29.0 Å². The molecule has 0 atom stereocenters. The number of hydrogen-bond acceptors (Lipinski definition) is 5. The van der Waals surface area contributed by atoms with Gasteiger partial charge in [0.2, 0.25) is 10.0 Å². The van der Waals surface area contributed by atoms with Crippen molar-refractivity contribution in [1.82, 2.24) is 24.1 Å². The number of benzene rings is 3. The number of nitrogens with one attached hydrogen (secondary N) is 1. The van der Waals surface area contributed by atoms with Crippen molar-refractivity contribution in [3.05, 3.63) is 96.4 Å². The van der Waals surface area contributed by atoms with E-state index in [1.165, 1.54) is 4.31 Å². The van der Waals surface area contributed by atoms with Gasteiger partial charge in [-0.15, -0.1) is 0 Å². The molecule has 0 amide bonds. The van der Waals surface area contributed by atoms with Crippen LogP contribution in [-0.4, -0.2) is 45.6 Å². The first-order valence-electron chi connectivity index (χ1n) is 12.3. The van der Waals surface area contributed by atoms with Crippen molar-refractivity contribution in [2.75, 3.05) is 13.1 Å². The van der Waals surface area contributed by atoms with Crippen molar-refractivity contribution in [3.8, 4) is 23.0 Å². The Hall–Kier alpha value is -4.52. The number of para-hydroxylation sites is 3. The minimum Gasteiger partial charge on any atom is -0.337 e. The average Bonchev–Trinajstić information content (AvgIpc) is 3.57. The molecule has 190 valence electrons. The number of hydrogen-bond donors (Lipinski definition) is 1. The van der Waals surface area contributed by atoms with Crippen LogP contribution in [0, 0.1) is 11.3 Å². The van der Waals surface area contributed by atoms with Gasteiger partial charge in [0.25, 0.3) is 0 Å². The lowest BCUT2D eigenvalue weighted by atomic mass is 10.1. The van der Waals surface area contributed by atoms with Crippen LogP contribution in [0.5, 0.6) is 0 Å². The van der Waals surface area contributed by atoms with E-state index >= 15 is 0 Å². The Bertz CT molecular complexity index is 1740. The molecule has 0 aliphatic rings. The maximum Gasteiger partial charge on any atom is 0.243 e. The second-order valence-electron chi connectivity index (χ2n) is 8.60. The van der Waals surface area contributed by atoms with Gasteiger partial charge in [0.1, 0.15) is 17.6 Å². The van der Waals surface area contributed by atoms with Crippen LogP contribution < -0.4 is 0 Å². The van der Waals surface area contributed by atoms with Gasteiger partial charge in [-0.1, -0.05) is 56.3 Å². The van der Waals surface area contributed by atoms with Crippen LogP contribution in [0.1, 0.15) is 25.2 Å². The van der Waals surface area contributed by atoms with Crippen molar-refractivity contribution in [2.24, 2.45) is 0 Å². The van der Waals surface area contributed by atoms with E-state index in [9.17, 15) is 13.7 Å². The topological polar surface area (TPSA) is 108 Å². The summed E-state index contributed by atoms with van der Waals surface area (Å²) in [6, 6.07) is 26.2. The Morgan fingerprint density at radius 3 is 2.47 bits per heavy atom. The summed E-state index contributed by atoms with van der Waals surface area (Å²) in [5.74, 6) is 0.449. The third-order valence-electron chi connectivity index (χ3n) is 6.28. The summed E-state index contributed by atoms with van der Waals surface area (Å²) in [5.41, 5.74) is 4.60. The van der Waals surface area contributed by atoms with Crippen LogP contribution in [0.15, 0.2) is 90.0 Å². The molecule has 0 saturated heterocycles. The number of allylic oxidation sites excluding steroid dienone is 1. The predicted molar refractivity (Wildman–Crippen MR) is 149 cm³/mol. The van der Waals surface area contributed by atoms with Crippen LogP contribution in [0.3, 0.4) is 0 Å². The molecular weight excluding hydrogens is 496 g/mol. The normalized spacial score (nSPS) is 12.2. The van der Waals surface area contributed by atoms with Crippen LogP contribution >= 0.6 is 0 Å².